The van der Waals surface area contributed by atoms with Gasteiger partial charge in [0.25, 0.3) is 0 Å². The molecule has 0 fully saturated rings. The van der Waals surface area contributed by atoms with Crippen LogP contribution in [-0.2, 0) is 19.1 Å². The first-order valence-electron chi connectivity index (χ1n) is 6.64. The van der Waals surface area contributed by atoms with Gasteiger partial charge in [0.15, 0.2) is 0 Å². The topological polar surface area (TPSA) is 90.4 Å². The van der Waals surface area contributed by atoms with Gasteiger partial charge in [-0.25, -0.2) is 19.6 Å². The Balaban J connectivity index is 2.19. The monoisotopic (exact) mass is 313 g/mol. The van der Waals surface area contributed by atoms with Gasteiger partial charge in [-0.3, -0.25) is 0 Å². The van der Waals surface area contributed by atoms with Crippen molar-refractivity contribution in [1.82, 2.24) is 9.97 Å². The molecule has 1 aromatic heterocycles. The zero-order valence-corrected chi connectivity index (χ0v) is 12.6. The molecular formula is C16H15N3O4. The van der Waals surface area contributed by atoms with Gasteiger partial charge in [-0.1, -0.05) is 12.1 Å². The lowest BCUT2D eigenvalue weighted by Gasteiger charge is -2.09. The summed E-state index contributed by atoms with van der Waals surface area (Å²) in [5.41, 5.74) is 2.39. The van der Waals surface area contributed by atoms with Crippen molar-refractivity contribution in [2.45, 2.75) is 0 Å². The second-order valence-electron chi connectivity index (χ2n) is 4.40. The summed E-state index contributed by atoms with van der Waals surface area (Å²) in [6.45, 7) is 0. The van der Waals surface area contributed by atoms with Gasteiger partial charge in [-0.2, -0.15) is 0 Å². The fourth-order valence-electron chi connectivity index (χ4n) is 1.78. The molecule has 7 nitrogen and oxygen atoms in total. The number of aromatic nitrogens is 2. The Morgan fingerprint density at radius 2 is 1.65 bits per heavy atom. The van der Waals surface area contributed by atoms with E-state index in [4.69, 9.17) is 0 Å². The van der Waals surface area contributed by atoms with Gasteiger partial charge in [-0.05, 0) is 17.7 Å². The standard InChI is InChI=1S/C16H15N3O4/c1-22-15(20)7-14(16(21)23-2)19-13-5-3-11(4-6-13)12-8-17-10-18-9-12/h3-10,19H,1-2H3/b14-7+. The van der Waals surface area contributed by atoms with E-state index in [1.165, 1.54) is 20.5 Å². The van der Waals surface area contributed by atoms with Crippen molar-refractivity contribution in [3.8, 4) is 11.1 Å². The Hall–Kier alpha value is -3.22. The van der Waals surface area contributed by atoms with Crippen molar-refractivity contribution in [2.75, 3.05) is 19.5 Å². The summed E-state index contributed by atoms with van der Waals surface area (Å²) in [7, 11) is 2.46. The van der Waals surface area contributed by atoms with Crippen molar-refractivity contribution in [2.24, 2.45) is 0 Å². The molecule has 23 heavy (non-hydrogen) atoms. The second-order valence-corrected chi connectivity index (χ2v) is 4.40. The van der Waals surface area contributed by atoms with E-state index in [1.54, 1.807) is 24.5 Å². The third-order valence-electron chi connectivity index (χ3n) is 2.93. The molecule has 0 unspecified atom stereocenters. The van der Waals surface area contributed by atoms with Crippen molar-refractivity contribution in [1.29, 1.82) is 0 Å². The SMILES string of the molecule is COC(=O)/C=C(/Nc1ccc(-c2cncnc2)cc1)C(=O)OC. The molecule has 2 aromatic rings. The summed E-state index contributed by atoms with van der Waals surface area (Å²) in [5, 5.41) is 2.83. The first-order valence-corrected chi connectivity index (χ1v) is 6.64. The first kappa shape index (κ1) is 16.2. The normalized spacial score (nSPS) is 10.8. The molecule has 0 aliphatic heterocycles. The summed E-state index contributed by atoms with van der Waals surface area (Å²) in [4.78, 5) is 30.9. The molecule has 118 valence electrons. The van der Waals surface area contributed by atoms with E-state index in [1.807, 2.05) is 12.1 Å². The Kier molecular flexibility index (Phi) is 5.40. The smallest absolute Gasteiger partial charge is 0.354 e. The number of rotatable bonds is 5. The minimum atomic E-state index is -0.670. The van der Waals surface area contributed by atoms with Gasteiger partial charge < -0.3 is 14.8 Å². The van der Waals surface area contributed by atoms with Gasteiger partial charge >= 0.3 is 11.9 Å². The zero-order chi connectivity index (χ0) is 16.7. The lowest BCUT2D eigenvalue weighted by Crippen LogP contribution is -2.15. The van der Waals surface area contributed by atoms with Crippen LogP contribution in [0.1, 0.15) is 0 Å². The third-order valence-corrected chi connectivity index (χ3v) is 2.93. The largest absolute Gasteiger partial charge is 0.466 e. The van der Waals surface area contributed by atoms with Gasteiger partial charge in [0.2, 0.25) is 0 Å². The number of nitrogens with zero attached hydrogens (tertiary/aromatic N) is 2. The van der Waals surface area contributed by atoms with E-state index in [-0.39, 0.29) is 5.70 Å². The number of hydrogen-bond donors (Lipinski definition) is 1. The Morgan fingerprint density at radius 1 is 1.00 bits per heavy atom. The maximum atomic E-state index is 11.7. The number of anilines is 1. The third kappa shape index (κ3) is 4.37. The van der Waals surface area contributed by atoms with E-state index >= 15 is 0 Å². The number of nitrogens with one attached hydrogen (secondary N) is 1. The fourth-order valence-corrected chi connectivity index (χ4v) is 1.78. The highest BCUT2D eigenvalue weighted by atomic mass is 16.5. The molecule has 0 aliphatic rings. The van der Waals surface area contributed by atoms with Crippen LogP contribution >= 0.6 is 0 Å². The molecule has 1 heterocycles. The molecule has 0 radical (unpaired) electrons. The van der Waals surface area contributed by atoms with Gasteiger partial charge in [0, 0.05) is 23.6 Å². The van der Waals surface area contributed by atoms with Crippen LogP contribution < -0.4 is 5.32 Å². The number of carbonyl (C=O) groups is 2. The Bertz CT molecular complexity index is 712. The van der Waals surface area contributed by atoms with Gasteiger partial charge in [-0.15, -0.1) is 0 Å². The van der Waals surface area contributed by atoms with E-state index in [9.17, 15) is 9.59 Å². The predicted molar refractivity (Wildman–Crippen MR) is 83.2 cm³/mol. The number of esters is 2. The molecule has 7 heteroatoms. The average Bonchev–Trinajstić information content (AvgIpc) is 2.61. The molecule has 1 N–H and O–H groups in total. The van der Waals surface area contributed by atoms with Gasteiger partial charge in [0.05, 0.1) is 20.3 Å². The lowest BCUT2D eigenvalue weighted by atomic mass is 10.1. The second kappa shape index (κ2) is 7.69. The number of benzene rings is 1. The van der Waals surface area contributed by atoms with E-state index in [0.29, 0.717) is 5.69 Å². The van der Waals surface area contributed by atoms with E-state index in [2.05, 4.69) is 24.8 Å². The first-order chi connectivity index (χ1) is 11.1. The Morgan fingerprint density at radius 3 is 2.22 bits per heavy atom. The summed E-state index contributed by atoms with van der Waals surface area (Å²) in [6, 6.07) is 7.20. The summed E-state index contributed by atoms with van der Waals surface area (Å²) in [6.07, 6.45) is 5.89. The van der Waals surface area contributed by atoms with Crippen LogP contribution in [0.25, 0.3) is 11.1 Å². The molecule has 0 spiro atoms. The van der Waals surface area contributed by atoms with Crippen LogP contribution in [0.5, 0.6) is 0 Å². The lowest BCUT2D eigenvalue weighted by molar-refractivity contribution is -0.138. The highest BCUT2D eigenvalue weighted by Crippen LogP contribution is 2.20. The zero-order valence-electron chi connectivity index (χ0n) is 12.6. The minimum absolute atomic E-state index is 0.0184. The maximum absolute atomic E-state index is 11.7. The highest BCUT2D eigenvalue weighted by Gasteiger charge is 2.12. The molecular weight excluding hydrogens is 298 g/mol. The molecule has 0 saturated heterocycles. The highest BCUT2D eigenvalue weighted by molar-refractivity contribution is 5.98. The quantitative estimate of drug-likeness (QED) is 0.664. The van der Waals surface area contributed by atoms with Crippen LogP contribution in [-0.4, -0.2) is 36.1 Å². The molecule has 0 atom stereocenters. The molecule has 0 aliphatic carbocycles. The van der Waals surface area contributed by atoms with Crippen molar-refractivity contribution < 1.29 is 19.1 Å². The van der Waals surface area contributed by atoms with Crippen LogP contribution in [0, 0.1) is 0 Å². The average molecular weight is 313 g/mol. The molecule has 0 bridgehead atoms. The number of ether oxygens (including phenoxy) is 2. The van der Waals surface area contributed by atoms with Crippen LogP contribution in [0.4, 0.5) is 5.69 Å². The van der Waals surface area contributed by atoms with E-state index in [0.717, 1.165) is 17.2 Å². The van der Waals surface area contributed by atoms with Crippen molar-refractivity contribution in [3.05, 3.63) is 54.8 Å². The van der Waals surface area contributed by atoms with Crippen molar-refractivity contribution >= 4 is 17.6 Å². The molecule has 0 amide bonds. The maximum Gasteiger partial charge on any atom is 0.354 e. The summed E-state index contributed by atoms with van der Waals surface area (Å²) >= 11 is 0. The molecule has 1 aromatic carbocycles. The predicted octanol–water partition coefficient (Wildman–Crippen LogP) is 1.79. The minimum Gasteiger partial charge on any atom is -0.466 e. The number of methoxy groups -OCH3 is 2. The fraction of sp³-hybridized carbons (Fsp3) is 0.125. The van der Waals surface area contributed by atoms with E-state index < -0.39 is 11.9 Å². The van der Waals surface area contributed by atoms with Crippen LogP contribution in [0.2, 0.25) is 0 Å². The summed E-state index contributed by atoms with van der Waals surface area (Å²) < 4.78 is 9.14. The van der Waals surface area contributed by atoms with Crippen LogP contribution in [0.3, 0.4) is 0 Å². The Labute approximate surface area is 133 Å². The van der Waals surface area contributed by atoms with Crippen molar-refractivity contribution in [3.63, 3.8) is 0 Å². The number of carbonyl (C=O) groups excluding carboxylic acids is 2. The molecule has 2 rings (SSSR count). The van der Waals surface area contributed by atoms with Crippen LogP contribution in [0.15, 0.2) is 54.8 Å². The summed E-state index contributed by atoms with van der Waals surface area (Å²) in [5.74, 6) is -1.33. The molecule has 0 saturated carbocycles. The number of hydrogen-bond acceptors (Lipinski definition) is 7. The van der Waals surface area contributed by atoms with Gasteiger partial charge in [0.1, 0.15) is 12.0 Å².